The van der Waals surface area contributed by atoms with E-state index in [2.05, 4.69) is 4.90 Å². The molecule has 7 heteroatoms. The molecular weight excluding hydrogens is 350 g/mol. The maximum absolute atomic E-state index is 12.8. The van der Waals surface area contributed by atoms with Crippen molar-refractivity contribution in [1.29, 1.82) is 5.26 Å². The number of carbonyl (C=O) groups is 1. The molecule has 2 aromatic carbocycles. The Hall–Kier alpha value is -2.69. The Labute approximate surface area is 153 Å². The van der Waals surface area contributed by atoms with Gasteiger partial charge in [0.2, 0.25) is 10.0 Å². The lowest BCUT2D eigenvalue weighted by molar-refractivity contribution is 0.101. The standard InChI is InChI=1S/C19H19N3O3S/c1-15(23)16-6-8-18(9-7-16)21-10-12-22(13-11-21)26(24,25)19-5-3-2-4-17(19)14-20/h2-9H,10-13H2,1H3. The average Bonchev–Trinajstić information content (AvgIpc) is 2.68. The molecule has 0 aromatic heterocycles. The van der Waals surface area contributed by atoms with Gasteiger partial charge in [-0.2, -0.15) is 9.57 Å². The predicted molar refractivity (Wildman–Crippen MR) is 98.6 cm³/mol. The van der Waals surface area contributed by atoms with Crippen LogP contribution in [0.4, 0.5) is 5.69 Å². The zero-order chi connectivity index (χ0) is 18.7. The molecule has 1 aliphatic heterocycles. The van der Waals surface area contributed by atoms with Crippen molar-refractivity contribution in [2.24, 2.45) is 0 Å². The second-order valence-electron chi connectivity index (χ2n) is 6.10. The highest BCUT2D eigenvalue weighted by Crippen LogP contribution is 2.23. The van der Waals surface area contributed by atoms with Crippen LogP contribution in [0.25, 0.3) is 0 Å². The van der Waals surface area contributed by atoms with Crippen molar-refractivity contribution >= 4 is 21.5 Å². The number of hydrogen-bond acceptors (Lipinski definition) is 5. The molecule has 0 atom stereocenters. The molecule has 0 aliphatic carbocycles. The number of anilines is 1. The summed E-state index contributed by atoms with van der Waals surface area (Å²) in [6.45, 7) is 3.31. The van der Waals surface area contributed by atoms with Gasteiger partial charge >= 0.3 is 0 Å². The summed E-state index contributed by atoms with van der Waals surface area (Å²) in [7, 11) is -3.69. The van der Waals surface area contributed by atoms with Gasteiger partial charge in [-0.1, -0.05) is 12.1 Å². The van der Waals surface area contributed by atoms with E-state index in [0.29, 0.717) is 31.7 Å². The Bertz CT molecular complexity index is 954. The van der Waals surface area contributed by atoms with Crippen LogP contribution in [0.15, 0.2) is 53.4 Å². The SMILES string of the molecule is CC(=O)c1ccc(N2CCN(S(=O)(=O)c3ccccc3C#N)CC2)cc1. The number of nitriles is 1. The normalized spacial score (nSPS) is 15.5. The van der Waals surface area contributed by atoms with E-state index in [1.165, 1.54) is 23.4 Å². The molecule has 0 unspecified atom stereocenters. The summed E-state index contributed by atoms with van der Waals surface area (Å²) >= 11 is 0. The number of hydrogen-bond donors (Lipinski definition) is 0. The van der Waals surface area contributed by atoms with Crippen LogP contribution < -0.4 is 4.90 Å². The summed E-state index contributed by atoms with van der Waals surface area (Å²) in [6.07, 6.45) is 0. The van der Waals surface area contributed by atoms with Gasteiger partial charge in [0, 0.05) is 37.4 Å². The van der Waals surface area contributed by atoms with Crippen LogP contribution in [0.2, 0.25) is 0 Å². The molecule has 0 amide bonds. The fraction of sp³-hybridized carbons (Fsp3) is 0.263. The fourth-order valence-electron chi connectivity index (χ4n) is 3.02. The van der Waals surface area contributed by atoms with E-state index in [0.717, 1.165) is 5.69 Å². The van der Waals surface area contributed by atoms with E-state index < -0.39 is 10.0 Å². The van der Waals surface area contributed by atoms with Crippen LogP contribution in [0, 0.1) is 11.3 Å². The van der Waals surface area contributed by atoms with Crippen LogP contribution in [0.3, 0.4) is 0 Å². The molecule has 134 valence electrons. The van der Waals surface area contributed by atoms with Crippen molar-refractivity contribution in [3.8, 4) is 6.07 Å². The van der Waals surface area contributed by atoms with E-state index in [1.54, 1.807) is 24.3 Å². The lowest BCUT2D eigenvalue weighted by Crippen LogP contribution is -2.48. The number of sulfonamides is 1. The van der Waals surface area contributed by atoms with Gasteiger partial charge in [-0.3, -0.25) is 4.79 Å². The van der Waals surface area contributed by atoms with Gasteiger partial charge in [-0.25, -0.2) is 8.42 Å². The predicted octanol–water partition coefficient (Wildman–Crippen LogP) is 2.27. The highest BCUT2D eigenvalue weighted by atomic mass is 32.2. The minimum atomic E-state index is -3.69. The van der Waals surface area contributed by atoms with Crippen molar-refractivity contribution in [2.45, 2.75) is 11.8 Å². The fourth-order valence-corrected chi connectivity index (χ4v) is 4.58. The molecule has 6 nitrogen and oxygen atoms in total. The quantitative estimate of drug-likeness (QED) is 0.772. The third-order valence-corrected chi connectivity index (χ3v) is 6.46. The lowest BCUT2D eigenvalue weighted by Gasteiger charge is -2.35. The second-order valence-corrected chi connectivity index (χ2v) is 8.01. The summed E-state index contributed by atoms with van der Waals surface area (Å²) in [5, 5.41) is 9.17. The number of rotatable bonds is 4. The first-order valence-corrected chi connectivity index (χ1v) is 9.73. The van der Waals surface area contributed by atoms with Gasteiger partial charge in [-0.15, -0.1) is 0 Å². The van der Waals surface area contributed by atoms with Crippen LogP contribution in [-0.4, -0.2) is 44.7 Å². The maximum Gasteiger partial charge on any atom is 0.244 e. The first-order chi connectivity index (χ1) is 12.4. The third-order valence-electron chi connectivity index (χ3n) is 4.50. The van der Waals surface area contributed by atoms with Gasteiger partial charge < -0.3 is 4.90 Å². The molecule has 0 radical (unpaired) electrons. The third kappa shape index (κ3) is 3.47. The van der Waals surface area contributed by atoms with Crippen LogP contribution in [0.5, 0.6) is 0 Å². The summed E-state index contributed by atoms with van der Waals surface area (Å²) in [6, 6.07) is 15.5. The molecule has 1 heterocycles. The Kier molecular flexibility index (Phi) is 5.07. The van der Waals surface area contributed by atoms with Gasteiger partial charge in [0.05, 0.1) is 10.5 Å². The number of Topliss-reactive ketones (excluding diaryl/α,β-unsaturated/α-hetero) is 1. The van der Waals surface area contributed by atoms with E-state index in [9.17, 15) is 13.2 Å². The molecule has 0 saturated carbocycles. The van der Waals surface area contributed by atoms with Crippen molar-refractivity contribution in [2.75, 3.05) is 31.1 Å². The monoisotopic (exact) mass is 369 g/mol. The highest BCUT2D eigenvalue weighted by Gasteiger charge is 2.30. The minimum absolute atomic E-state index is 0.0172. The molecule has 1 saturated heterocycles. The Balaban J connectivity index is 1.74. The molecule has 2 aromatic rings. The van der Waals surface area contributed by atoms with Crippen LogP contribution >= 0.6 is 0 Å². The Morgan fingerprint density at radius 3 is 2.19 bits per heavy atom. The first kappa shape index (κ1) is 18.1. The second kappa shape index (κ2) is 7.28. The van der Waals surface area contributed by atoms with Crippen molar-refractivity contribution < 1.29 is 13.2 Å². The first-order valence-electron chi connectivity index (χ1n) is 8.28. The van der Waals surface area contributed by atoms with E-state index in [4.69, 9.17) is 5.26 Å². The van der Waals surface area contributed by atoms with E-state index >= 15 is 0 Å². The van der Waals surface area contributed by atoms with Gasteiger partial charge in [0.25, 0.3) is 0 Å². The molecule has 0 N–H and O–H groups in total. The van der Waals surface area contributed by atoms with E-state index in [1.807, 2.05) is 18.2 Å². The summed E-state index contributed by atoms with van der Waals surface area (Å²) in [5.74, 6) is 0.0172. The molecule has 1 aliphatic rings. The molecule has 26 heavy (non-hydrogen) atoms. The Morgan fingerprint density at radius 2 is 1.62 bits per heavy atom. The van der Waals surface area contributed by atoms with Gasteiger partial charge in [0.15, 0.2) is 5.78 Å². The summed E-state index contributed by atoms with van der Waals surface area (Å²) in [4.78, 5) is 13.5. The number of benzene rings is 2. The molecule has 1 fully saturated rings. The zero-order valence-corrected chi connectivity index (χ0v) is 15.2. The zero-order valence-electron chi connectivity index (χ0n) is 14.4. The summed E-state index contributed by atoms with van der Waals surface area (Å²) in [5.41, 5.74) is 1.78. The Morgan fingerprint density at radius 1 is 1.00 bits per heavy atom. The number of ketones is 1. The molecule has 0 bridgehead atoms. The number of carbonyl (C=O) groups excluding carboxylic acids is 1. The van der Waals surface area contributed by atoms with Gasteiger partial charge in [0.1, 0.15) is 6.07 Å². The van der Waals surface area contributed by atoms with Crippen molar-refractivity contribution in [1.82, 2.24) is 4.31 Å². The van der Waals surface area contributed by atoms with Crippen LogP contribution in [0.1, 0.15) is 22.8 Å². The number of piperazine rings is 1. The van der Waals surface area contributed by atoms with Crippen molar-refractivity contribution in [3.05, 3.63) is 59.7 Å². The smallest absolute Gasteiger partial charge is 0.244 e. The maximum atomic E-state index is 12.8. The summed E-state index contributed by atoms with van der Waals surface area (Å²) < 4.78 is 27.1. The van der Waals surface area contributed by atoms with Crippen molar-refractivity contribution in [3.63, 3.8) is 0 Å². The molecular formula is C19H19N3O3S. The topological polar surface area (TPSA) is 81.5 Å². The lowest BCUT2D eigenvalue weighted by atomic mass is 10.1. The average molecular weight is 369 g/mol. The minimum Gasteiger partial charge on any atom is -0.369 e. The molecule has 0 spiro atoms. The highest BCUT2D eigenvalue weighted by molar-refractivity contribution is 7.89. The molecule has 3 rings (SSSR count). The van der Waals surface area contributed by atoms with Crippen LogP contribution in [-0.2, 0) is 10.0 Å². The number of nitrogens with zero attached hydrogens (tertiary/aromatic N) is 3. The van der Waals surface area contributed by atoms with E-state index in [-0.39, 0.29) is 16.2 Å². The largest absolute Gasteiger partial charge is 0.369 e. The van der Waals surface area contributed by atoms with Gasteiger partial charge in [-0.05, 0) is 43.3 Å².